The smallest absolute Gasteiger partial charge is 0.407 e. The van der Waals surface area contributed by atoms with Gasteiger partial charge in [-0.15, -0.1) is 0 Å². The van der Waals surface area contributed by atoms with Crippen LogP contribution in [0, 0.1) is 23.7 Å². The Labute approximate surface area is 385 Å². The number of carbonyl (C=O) groups is 1. The lowest BCUT2D eigenvalue weighted by atomic mass is 10.1. The third-order valence-electron chi connectivity index (χ3n) is 10.1. The van der Waals surface area contributed by atoms with E-state index >= 15 is 0 Å². The number of alkyl carbamates (subject to hydrolysis) is 1. The van der Waals surface area contributed by atoms with E-state index in [1.54, 1.807) is 39.7 Å². The minimum Gasteiger partial charge on any atom is -0.497 e. The van der Waals surface area contributed by atoms with Gasteiger partial charge in [0.25, 0.3) is 0 Å². The highest BCUT2D eigenvalue weighted by Crippen LogP contribution is 2.41. The molecule has 1 fully saturated rings. The van der Waals surface area contributed by atoms with Crippen molar-refractivity contribution in [2.45, 2.75) is 78.6 Å². The molecule has 2 unspecified atom stereocenters. The van der Waals surface area contributed by atoms with E-state index in [4.69, 9.17) is 33.2 Å². The zero-order valence-electron chi connectivity index (χ0n) is 39.2. The maximum atomic E-state index is 13.9. The van der Waals surface area contributed by atoms with Crippen molar-refractivity contribution in [1.29, 1.82) is 0 Å². The second-order valence-electron chi connectivity index (χ2n) is 16.9. The Morgan fingerprint density at radius 3 is 1.68 bits per heavy atom. The molecule has 1 amide bonds. The minimum atomic E-state index is -3.27. The Morgan fingerprint density at radius 2 is 1.22 bits per heavy atom. The highest BCUT2D eigenvalue weighted by atomic mass is 31.2. The van der Waals surface area contributed by atoms with Crippen molar-refractivity contribution >= 4 is 31.7 Å². The summed E-state index contributed by atoms with van der Waals surface area (Å²) in [6.07, 6.45) is 2.05. The van der Waals surface area contributed by atoms with Crippen molar-refractivity contribution in [2.75, 3.05) is 67.2 Å². The number of unbranched alkanes of at least 4 members (excludes halogenated alkanes) is 1. The molecule has 2 aromatic heterocycles. The Balaban J connectivity index is 1.44. The van der Waals surface area contributed by atoms with Gasteiger partial charge in [0.1, 0.15) is 28.0 Å². The standard InChI is InChI=1S/C49H64N6O8P2/c1-10-61-64(8,57)46-30-39(17-15-37-19-23-44(59-6)24-20-37)28-42(52-46)33-54-32-41(14-12-13-27-50-48(56)63-49(3,4)5)51-35-55(36-54)34-43-29-40(31-47(53-43)65(9,58)62-11-2)18-16-38-21-25-45(60-7)26-22-38/h19-26,28-31,41,51H,10-14,27,32-36H2,1-9H3,(H,50,56)/t41-,64?,65?/m0/s1. The van der Waals surface area contributed by atoms with Crippen molar-refractivity contribution in [2.24, 2.45) is 0 Å². The highest BCUT2D eigenvalue weighted by molar-refractivity contribution is 7.66. The Kier molecular flexibility index (Phi) is 18.8. The van der Waals surface area contributed by atoms with Crippen LogP contribution >= 0.6 is 14.7 Å². The van der Waals surface area contributed by atoms with Crippen molar-refractivity contribution in [1.82, 2.24) is 30.4 Å². The molecular weight excluding hydrogens is 863 g/mol. The van der Waals surface area contributed by atoms with Crippen LogP contribution in [-0.4, -0.2) is 105 Å². The van der Waals surface area contributed by atoms with Gasteiger partial charge in [0.05, 0.1) is 45.5 Å². The summed E-state index contributed by atoms with van der Waals surface area (Å²) < 4.78 is 55.2. The molecular formula is C49H64N6O8P2. The van der Waals surface area contributed by atoms with Crippen LogP contribution in [0.25, 0.3) is 0 Å². The van der Waals surface area contributed by atoms with Crippen LogP contribution in [0.3, 0.4) is 0 Å². The van der Waals surface area contributed by atoms with E-state index in [0.717, 1.165) is 41.9 Å². The first-order valence-corrected chi connectivity index (χ1v) is 26.1. The maximum Gasteiger partial charge on any atom is 0.407 e. The SMILES string of the molecule is CCOP(C)(=O)c1cc(C#Cc2ccc(OC)cc2)cc(CN2CN[C@@H](CCCCNC(=O)OC(C)(C)C)CN(Cc3cc(C#Cc4ccc(OC)cc4)cc(P(C)(=O)OCC)n3)C2)n1. The summed E-state index contributed by atoms with van der Waals surface area (Å²) in [5.41, 5.74) is 4.49. The highest BCUT2D eigenvalue weighted by Gasteiger charge is 2.27. The lowest BCUT2D eigenvalue weighted by Crippen LogP contribution is -2.38. The van der Waals surface area contributed by atoms with Gasteiger partial charge in [-0.2, -0.15) is 0 Å². The number of amides is 1. The molecule has 5 rings (SSSR count). The normalized spacial score (nSPS) is 16.4. The topological polar surface area (TPSA) is 154 Å². The summed E-state index contributed by atoms with van der Waals surface area (Å²) in [6.45, 7) is 15.9. The van der Waals surface area contributed by atoms with Gasteiger partial charge in [-0.3, -0.25) is 18.9 Å². The van der Waals surface area contributed by atoms with Crippen LogP contribution < -0.4 is 31.0 Å². The monoisotopic (exact) mass is 926 g/mol. The van der Waals surface area contributed by atoms with Gasteiger partial charge < -0.3 is 33.9 Å². The van der Waals surface area contributed by atoms with E-state index in [9.17, 15) is 13.9 Å². The first-order valence-electron chi connectivity index (χ1n) is 21.9. The van der Waals surface area contributed by atoms with E-state index in [0.29, 0.717) is 72.9 Å². The lowest BCUT2D eigenvalue weighted by Gasteiger charge is -2.27. The van der Waals surface area contributed by atoms with Gasteiger partial charge in [0, 0.05) is 74.5 Å². The summed E-state index contributed by atoms with van der Waals surface area (Å²) in [7, 11) is -3.29. The number of hydrogen-bond acceptors (Lipinski definition) is 13. The first kappa shape index (κ1) is 51.0. The average Bonchev–Trinajstić information content (AvgIpc) is 3.45. The van der Waals surface area contributed by atoms with Gasteiger partial charge in [-0.25, -0.2) is 14.8 Å². The molecule has 65 heavy (non-hydrogen) atoms. The molecule has 3 atom stereocenters. The molecule has 1 saturated heterocycles. The molecule has 348 valence electrons. The second kappa shape index (κ2) is 24.0. The van der Waals surface area contributed by atoms with Crippen LogP contribution in [0.5, 0.6) is 11.5 Å². The second-order valence-corrected chi connectivity index (χ2v) is 21.7. The van der Waals surface area contributed by atoms with Crippen molar-refractivity contribution < 1.29 is 37.2 Å². The number of carbonyl (C=O) groups excluding carboxylic acids is 1. The summed E-state index contributed by atoms with van der Waals surface area (Å²) in [6, 6.07) is 22.5. The van der Waals surface area contributed by atoms with Gasteiger partial charge in [0.15, 0.2) is 0 Å². The molecule has 0 radical (unpaired) electrons. The molecule has 2 N–H and O–H groups in total. The van der Waals surface area contributed by atoms with Gasteiger partial charge >= 0.3 is 6.09 Å². The summed E-state index contributed by atoms with van der Waals surface area (Å²) in [5, 5.41) is 6.62. The van der Waals surface area contributed by atoms with E-state index in [-0.39, 0.29) is 19.3 Å². The number of pyridine rings is 2. The molecule has 3 heterocycles. The first-order chi connectivity index (χ1) is 31.0. The third kappa shape index (κ3) is 16.7. The third-order valence-corrected chi connectivity index (χ3v) is 13.7. The number of nitrogens with one attached hydrogen (secondary N) is 2. The van der Waals surface area contributed by atoms with Crippen LogP contribution in [0.15, 0.2) is 72.8 Å². The van der Waals surface area contributed by atoms with E-state index in [2.05, 4.69) is 44.1 Å². The van der Waals surface area contributed by atoms with Crippen molar-refractivity contribution in [3.05, 3.63) is 106 Å². The molecule has 16 heteroatoms. The molecule has 14 nitrogen and oxygen atoms in total. The Morgan fingerprint density at radius 1 is 0.738 bits per heavy atom. The summed E-state index contributed by atoms with van der Waals surface area (Å²) >= 11 is 0. The van der Waals surface area contributed by atoms with E-state index in [1.165, 1.54) is 0 Å². The fourth-order valence-electron chi connectivity index (χ4n) is 7.05. The summed E-state index contributed by atoms with van der Waals surface area (Å²) in [4.78, 5) is 26.6. The summed E-state index contributed by atoms with van der Waals surface area (Å²) in [5.74, 6) is 14.4. The van der Waals surface area contributed by atoms with E-state index in [1.807, 2.05) is 95.3 Å². The fraction of sp³-hybridized carbons (Fsp3) is 0.449. The predicted octanol–water partition coefficient (Wildman–Crippen LogP) is 7.32. The van der Waals surface area contributed by atoms with Crippen LogP contribution in [0.1, 0.15) is 87.5 Å². The number of ether oxygens (including phenoxy) is 3. The lowest BCUT2D eigenvalue weighted by molar-refractivity contribution is 0.0526. The van der Waals surface area contributed by atoms with Crippen LogP contribution in [0.2, 0.25) is 0 Å². The molecule has 0 saturated carbocycles. The number of benzene rings is 2. The number of nitrogens with zero attached hydrogens (tertiary/aromatic N) is 4. The molecule has 2 aromatic carbocycles. The quantitative estimate of drug-likeness (QED) is 0.0619. The van der Waals surface area contributed by atoms with Crippen molar-refractivity contribution in [3.63, 3.8) is 0 Å². The number of rotatable bonds is 17. The number of hydrogen-bond donors (Lipinski definition) is 2. The zero-order chi connectivity index (χ0) is 47.0. The van der Waals surface area contributed by atoms with Gasteiger partial charge in [-0.05, 0) is 120 Å². The Bertz CT molecular complexity index is 2440. The zero-order valence-corrected chi connectivity index (χ0v) is 41.0. The number of methoxy groups -OCH3 is 2. The van der Waals surface area contributed by atoms with Gasteiger partial charge in [-0.1, -0.05) is 30.1 Å². The molecule has 1 aliphatic rings. The largest absolute Gasteiger partial charge is 0.497 e. The molecule has 4 aromatic rings. The number of aromatic nitrogens is 2. The van der Waals surface area contributed by atoms with Crippen LogP contribution in [0.4, 0.5) is 4.79 Å². The van der Waals surface area contributed by atoms with Crippen molar-refractivity contribution in [3.8, 4) is 35.2 Å². The molecule has 0 aliphatic carbocycles. The van der Waals surface area contributed by atoms with Crippen LogP contribution in [-0.2, 0) is 36.0 Å². The Hall–Kier alpha value is -5.01. The van der Waals surface area contributed by atoms with E-state index < -0.39 is 26.4 Å². The maximum absolute atomic E-state index is 13.9. The van der Waals surface area contributed by atoms with Gasteiger partial charge in [0.2, 0.25) is 14.7 Å². The average molecular weight is 927 g/mol. The minimum absolute atomic E-state index is 0.0822. The molecule has 0 spiro atoms. The molecule has 1 aliphatic heterocycles. The predicted molar refractivity (Wildman–Crippen MR) is 257 cm³/mol. The fourth-order valence-corrected chi connectivity index (χ4v) is 9.66. The molecule has 0 bridgehead atoms.